The van der Waals surface area contributed by atoms with E-state index < -0.39 is 11.5 Å². The van der Waals surface area contributed by atoms with E-state index >= 15 is 0 Å². The van der Waals surface area contributed by atoms with Crippen molar-refractivity contribution in [1.29, 1.82) is 0 Å². The summed E-state index contributed by atoms with van der Waals surface area (Å²) in [7, 11) is 0. The lowest BCUT2D eigenvalue weighted by atomic mass is 9.96. The van der Waals surface area contributed by atoms with E-state index in [9.17, 15) is 14.4 Å². The van der Waals surface area contributed by atoms with Gasteiger partial charge in [0.1, 0.15) is 11.4 Å². The summed E-state index contributed by atoms with van der Waals surface area (Å²) in [4.78, 5) is 40.5. The van der Waals surface area contributed by atoms with Gasteiger partial charge in [0.2, 0.25) is 5.91 Å². The smallest absolute Gasteiger partial charge is 0.410 e. The second-order valence-corrected chi connectivity index (χ2v) is 8.41. The van der Waals surface area contributed by atoms with E-state index in [1.54, 1.807) is 17.0 Å². The predicted octanol–water partition coefficient (Wildman–Crippen LogP) is 2.53. The molecule has 0 aliphatic carbocycles. The second kappa shape index (κ2) is 10.5. The van der Waals surface area contributed by atoms with Crippen molar-refractivity contribution in [3.05, 3.63) is 23.7 Å². The summed E-state index contributed by atoms with van der Waals surface area (Å²) >= 11 is 0. The summed E-state index contributed by atoms with van der Waals surface area (Å²) in [5, 5.41) is 0. The summed E-state index contributed by atoms with van der Waals surface area (Å²) < 4.78 is 10.9. The zero-order chi connectivity index (χ0) is 22.3. The van der Waals surface area contributed by atoms with Gasteiger partial charge in [0.15, 0.2) is 5.76 Å². The molecular formula is C21H34N4O5. The van der Waals surface area contributed by atoms with Crippen LogP contribution >= 0.6 is 0 Å². The van der Waals surface area contributed by atoms with Gasteiger partial charge < -0.3 is 14.1 Å². The number of piperidine rings is 1. The zero-order valence-corrected chi connectivity index (χ0v) is 18.6. The maximum absolute atomic E-state index is 12.4. The van der Waals surface area contributed by atoms with Gasteiger partial charge in [-0.1, -0.05) is 13.8 Å². The van der Waals surface area contributed by atoms with E-state index in [1.165, 1.54) is 0 Å². The van der Waals surface area contributed by atoms with Crippen LogP contribution in [-0.2, 0) is 16.1 Å². The lowest BCUT2D eigenvalue weighted by Gasteiger charge is -2.32. The number of amides is 3. The summed E-state index contributed by atoms with van der Waals surface area (Å²) in [5.41, 5.74) is 4.32. The molecule has 1 saturated heterocycles. The van der Waals surface area contributed by atoms with Gasteiger partial charge in [0.05, 0.1) is 6.54 Å². The van der Waals surface area contributed by atoms with Gasteiger partial charge in [0.25, 0.3) is 0 Å². The van der Waals surface area contributed by atoms with Crippen LogP contribution in [0.25, 0.3) is 0 Å². The van der Waals surface area contributed by atoms with Crippen LogP contribution in [-0.4, -0.2) is 59.5 Å². The van der Waals surface area contributed by atoms with Gasteiger partial charge >= 0.3 is 12.0 Å². The maximum atomic E-state index is 12.4. The molecule has 0 aromatic carbocycles. The summed E-state index contributed by atoms with van der Waals surface area (Å²) in [6.45, 7) is 12.9. The third kappa shape index (κ3) is 7.05. The van der Waals surface area contributed by atoms with Crippen molar-refractivity contribution in [1.82, 2.24) is 20.7 Å². The van der Waals surface area contributed by atoms with Crippen molar-refractivity contribution in [2.45, 2.75) is 59.6 Å². The zero-order valence-electron chi connectivity index (χ0n) is 18.6. The van der Waals surface area contributed by atoms with E-state index in [1.807, 2.05) is 20.8 Å². The number of nitrogens with zero attached hydrogens (tertiary/aromatic N) is 2. The molecule has 9 nitrogen and oxygen atoms in total. The fraction of sp³-hybridized carbons (Fsp3) is 0.667. The summed E-state index contributed by atoms with van der Waals surface area (Å²) in [5.74, 6) is -0.205. The van der Waals surface area contributed by atoms with Crippen LogP contribution in [0.1, 0.15) is 63.8 Å². The first-order valence-electron chi connectivity index (χ1n) is 10.5. The molecule has 3 amide bonds. The van der Waals surface area contributed by atoms with Crippen LogP contribution in [0, 0.1) is 5.92 Å². The fourth-order valence-electron chi connectivity index (χ4n) is 3.19. The largest absolute Gasteiger partial charge is 0.454 e. The first-order chi connectivity index (χ1) is 14.1. The molecule has 0 radical (unpaired) electrons. The Morgan fingerprint density at radius 1 is 1.13 bits per heavy atom. The molecule has 1 fully saturated rings. The van der Waals surface area contributed by atoms with Gasteiger partial charge in [-0.25, -0.2) is 4.79 Å². The third-order valence-electron chi connectivity index (χ3n) is 4.98. The number of carbonyl (C=O) groups excluding carboxylic acids is 3. The van der Waals surface area contributed by atoms with Crippen LogP contribution < -0.4 is 10.9 Å². The normalized spacial score (nSPS) is 15.2. The van der Waals surface area contributed by atoms with Crippen LogP contribution in [0.15, 0.2) is 16.5 Å². The third-order valence-corrected chi connectivity index (χ3v) is 4.98. The van der Waals surface area contributed by atoms with Gasteiger partial charge in [-0.05, 0) is 58.8 Å². The molecule has 0 bridgehead atoms. The molecule has 1 aliphatic heterocycles. The van der Waals surface area contributed by atoms with Crippen molar-refractivity contribution < 1.29 is 23.5 Å². The monoisotopic (exact) mass is 422 g/mol. The van der Waals surface area contributed by atoms with Gasteiger partial charge in [-0.3, -0.25) is 25.3 Å². The number of hydrogen-bond donors (Lipinski definition) is 2. The molecule has 0 unspecified atom stereocenters. The Bertz CT molecular complexity index is 728. The summed E-state index contributed by atoms with van der Waals surface area (Å²) in [6, 6.07) is 3.36. The Morgan fingerprint density at radius 3 is 2.33 bits per heavy atom. The van der Waals surface area contributed by atoms with Crippen molar-refractivity contribution in [3.63, 3.8) is 0 Å². The Kier molecular flexibility index (Phi) is 8.28. The number of hydrogen-bond acceptors (Lipinski definition) is 6. The first kappa shape index (κ1) is 23.7. The molecule has 9 heteroatoms. The highest BCUT2D eigenvalue weighted by molar-refractivity contribution is 5.93. The van der Waals surface area contributed by atoms with E-state index in [0.29, 0.717) is 38.2 Å². The summed E-state index contributed by atoms with van der Waals surface area (Å²) in [6.07, 6.45) is 0.652. The quantitative estimate of drug-likeness (QED) is 0.683. The van der Waals surface area contributed by atoms with E-state index in [4.69, 9.17) is 9.15 Å². The van der Waals surface area contributed by atoms with Crippen molar-refractivity contribution >= 4 is 17.9 Å². The topological polar surface area (TPSA) is 104 Å². The average molecular weight is 423 g/mol. The molecule has 2 N–H and O–H groups in total. The molecule has 1 aromatic heterocycles. The number of carbonyl (C=O) groups is 3. The van der Waals surface area contributed by atoms with Crippen LogP contribution in [0.4, 0.5) is 4.79 Å². The molecule has 2 rings (SSSR count). The lowest BCUT2D eigenvalue weighted by Crippen LogP contribution is -2.48. The van der Waals surface area contributed by atoms with Crippen molar-refractivity contribution in [2.75, 3.05) is 26.2 Å². The molecule has 1 aliphatic rings. The Morgan fingerprint density at radius 2 is 1.77 bits per heavy atom. The maximum Gasteiger partial charge on any atom is 0.410 e. The van der Waals surface area contributed by atoms with Crippen LogP contribution in [0.3, 0.4) is 0 Å². The highest BCUT2D eigenvalue weighted by Crippen LogP contribution is 2.19. The number of rotatable bonds is 6. The minimum Gasteiger partial charge on any atom is -0.454 e. The SMILES string of the molecule is CCN(CC)Cc1ccc(C(=O)NNC(=O)C2CCN(C(=O)OC(C)(C)C)CC2)o1. The number of furan rings is 1. The van der Waals surface area contributed by atoms with E-state index in [0.717, 1.165) is 13.1 Å². The highest BCUT2D eigenvalue weighted by atomic mass is 16.6. The van der Waals surface area contributed by atoms with Gasteiger partial charge in [0, 0.05) is 19.0 Å². The number of nitrogens with one attached hydrogen (secondary N) is 2. The van der Waals surface area contributed by atoms with Gasteiger partial charge in [-0.2, -0.15) is 0 Å². The Labute approximate surface area is 178 Å². The molecule has 30 heavy (non-hydrogen) atoms. The number of likely N-dealkylation sites (tertiary alicyclic amines) is 1. The van der Waals surface area contributed by atoms with E-state index in [-0.39, 0.29) is 23.7 Å². The molecule has 0 saturated carbocycles. The molecule has 0 atom stereocenters. The standard InChI is InChI=1S/C21H34N4O5/c1-6-24(7-2)14-16-8-9-17(29-16)19(27)23-22-18(26)15-10-12-25(13-11-15)20(28)30-21(3,4)5/h8-9,15H,6-7,10-14H2,1-5H3,(H,22,26)(H,23,27). The van der Waals surface area contributed by atoms with E-state index in [2.05, 4.69) is 29.6 Å². The minimum atomic E-state index is -0.549. The highest BCUT2D eigenvalue weighted by Gasteiger charge is 2.30. The second-order valence-electron chi connectivity index (χ2n) is 8.41. The molecule has 168 valence electrons. The Hall–Kier alpha value is -2.55. The number of ether oxygens (including phenoxy) is 1. The van der Waals surface area contributed by atoms with Crippen molar-refractivity contribution in [3.8, 4) is 0 Å². The fourth-order valence-corrected chi connectivity index (χ4v) is 3.19. The predicted molar refractivity (Wildman–Crippen MR) is 111 cm³/mol. The Balaban J connectivity index is 1.76. The van der Waals surface area contributed by atoms with Gasteiger partial charge in [-0.15, -0.1) is 0 Å². The molecule has 0 spiro atoms. The minimum absolute atomic E-state index is 0.150. The molecular weight excluding hydrogens is 388 g/mol. The lowest BCUT2D eigenvalue weighted by molar-refractivity contribution is -0.127. The molecule has 2 heterocycles. The van der Waals surface area contributed by atoms with Crippen LogP contribution in [0.2, 0.25) is 0 Å². The van der Waals surface area contributed by atoms with Crippen LogP contribution in [0.5, 0.6) is 0 Å². The number of hydrazine groups is 1. The molecule has 1 aromatic rings. The average Bonchev–Trinajstić information content (AvgIpc) is 3.17. The first-order valence-corrected chi connectivity index (χ1v) is 10.5. The van der Waals surface area contributed by atoms with Crippen molar-refractivity contribution in [2.24, 2.45) is 5.92 Å².